The van der Waals surface area contributed by atoms with Crippen molar-refractivity contribution in [3.8, 4) is 0 Å². The second-order valence-electron chi connectivity index (χ2n) is 5.61. The van der Waals surface area contributed by atoms with E-state index in [-0.39, 0.29) is 0 Å². The summed E-state index contributed by atoms with van der Waals surface area (Å²) in [6, 6.07) is 5.63. The Morgan fingerprint density at radius 2 is 2.00 bits per heavy atom. The molecule has 1 aliphatic rings. The average molecular weight is 310 g/mol. The van der Waals surface area contributed by atoms with Crippen LogP contribution in [0, 0.1) is 0 Å². The normalized spacial score (nSPS) is 14.2. The van der Waals surface area contributed by atoms with Crippen molar-refractivity contribution in [1.82, 2.24) is 15.0 Å². The fraction of sp³-hybridized carbons (Fsp3) is 0.353. The molecule has 0 aromatic carbocycles. The number of anilines is 4. The number of aromatic nitrogens is 3. The van der Waals surface area contributed by atoms with Gasteiger partial charge in [-0.05, 0) is 44.2 Å². The topological polar surface area (TPSA) is 88.8 Å². The van der Waals surface area contributed by atoms with Crippen molar-refractivity contribution in [3.05, 3.63) is 42.4 Å². The molecule has 23 heavy (non-hydrogen) atoms. The average Bonchev–Trinajstić information content (AvgIpc) is 2.60. The molecule has 2 aromatic heterocycles. The first-order valence-electron chi connectivity index (χ1n) is 8.03. The molecule has 0 radical (unpaired) electrons. The van der Waals surface area contributed by atoms with Gasteiger partial charge in [-0.25, -0.2) is 15.0 Å². The van der Waals surface area contributed by atoms with Crippen molar-refractivity contribution < 1.29 is 0 Å². The van der Waals surface area contributed by atoms with E-state index in [1.165, 1.54) is 37.6 Å². The summed E-state index contributed by atoms with van der Waals surface area (Å²) < 4.78 is 0. The smallest absolute Gasteiger partial charge is 0.160 e. The molecule has 1 aliphatic carbocycles. The van der Waals surface area contributed by atoms with Crippen molar-refractivity contribution in [1.29, 1.82) is 0 Å². The number of allylic oxidation sites excluding steroid dienone is 1. The van der Waals surface area contributed by atoms with Gasteiger partial charge in [-0.15, -0.1) is 0 Å². The zero-order chi connectivity index (χ0) is 15.9. The molecule has 0 aliphatic heterocycles. The van der Waals surface area contributed by atoms with Crippen molar-refractivity contribution >= 4 is 23.1 Å². The molecule has 6 heteroatoms. The minimum atomic E-state index is 0.510. The van der Waals surface area contributed by atoms with E-state index in [1.807, 2.05) is 18.2 Å². The fourth-order valence-corrected chi connectivity index (χ4v) is 2.67. The predicted octanol–water partition coefficient (Wildman–Crippen LogP) is 3.50. The van der Waals surface area contributed by atoms with Crippen LogP contribution in [0.2, 0.25) is 0 Å². The van der Waals surface area contributed by atoms with Crippen LogP contribution in [-0.4, -0.2) is 21.5 Å². The SMILES string of the molecule is Nc1c(NCCC2=CCCCC2)ncnc1Nc1ccccn1. The second kappa shape index (κ2) is 7.58. The molecule has 6 nitrogen and oxygen atoms in total. The first-order chi connectivity index (χ1) is 11.3. The van der Waals surface area contributed by atoms with Gasteiger partial charge in [0.1, 0.15) is 17.8 Å². The number of hydrogen-bond acceptors (Lipinski definition) is 6. The minimum Gasteiger partial charge on any atom is -0.393 e. The number of nitrogen functional groups attached to an aromatic ring is 1. The van der Waals surface area contributed by atoms with Gasteiger partial charge in [0.05, 0.1) is 0 Å². The van der Waals surface area contributed by atoms with Gasteiger partial charge in [-0.3, -0.25) is 0 Å². The molecule has 0 amide bonds. The number of nitrogens with one attached hydrogen (secondary N) is 2. The molecule has 2 heterocycles. The Labute approximate surface area is 136 Å². The molecule has 0 atom stereocenters. The van der Waals surface area contributed by atoms with Crippen molar-refractivity contribution in [3.63, 3.8) is 0 Å². The molecular formula is C17H22N6. The summed E-state index contributed by atoms with van der Waals surface area (Å²) in [5.41, 5.74) is 8.20. The maximum atomic E-state index is 6.16. The Morgan fingerprint density at radius 1 is 1.09 bits per heavy atom. The van der Waals surface area contributed by atoms with Crippen molar-refractivity contribution in [2.75, 3.05) is 22.9 Å². The predicted molar refractivity (Wildman–Crippen MR) is 93.6 cm³/mol. The zero-order valence-electron chi connectivity index (χ0n) is 13.1. The number of hydrogen-bond donors (Lipinski definition) is 3. The van der Waals surface area contributed by atoms with Crippen LogP contribution in [-0.2, 0) is 0 Å². The summed E-state index contributed by atoms with van der Waals surface area (Å²) in [5, 5.41) is 6.42. The highest BCUT2D eigenvalue weighted by atomic mass is 15.1. The Hall–Kier alpha value is -2.63. The van der Waals surface area contributed by atoms with E-state index in [2.05, 4.69) is 31.7 Å². The molecule has 0 spiro atoms. The van der Waals surface area contributed by atoms with Crippen LogP contribution in [0.5, 0.6) is 0 Å². The molecule has 2 aromatic rings. The first-order valence-corrected chi connectivity index (χ1v) is 8.03. The van der Waals surface area contributed by atoms with Crippen LogP contribution in [0.4, 0.5) is 23.1 Å². The van der Waals surface area contributed by atoms with Gasteiger partial charge in [-0.1, -0.05) is 17.7 Å². The number of nitrogens with zero attached hydrogens (tertiary/aromatic N) is 3. The monoisotopic (exact) mass is 310 g/mol. The van der Waals surface area contributed by atoms with Gasteiger partial charge < -0.3 is 16.4 Å². The van der Waals surface area contributed by atoms with Crippen LogP contribution >= 0.6 is 0 Å². The molecule has 4 N–H and O–H groups in total. The molecule has 0 saturated carbocycles. The third-order valence-corrected chi connectivity index (χ3v) is 3.92. The highest BCUT2D eigenvalue weighted by Crippen LogP contribution is 2.25. The third-order valence-electron chi connectivity index (χ3n) is 3.92. The lowest BCUT2D eigenvalue weighted by Crippen LogP contribution is -2.10. The highest BCUT2D eigenvalue weighted by Gasteiger charge is 2.09. The van der Waals surface area contributed by atoms with E-state index in [9.17, 15) is 0 Å². The zero-order valence-corrected chi connectivity index (χ0v) is 13.1. The van der Waals surface area contributed by atoms with Crippen LogP contribution < -0.4 is 16.4 Å². The van der Waals surface area contributed by atoms with Gasteiger partial charge in [0.25, 0.3) is 0 Å². The standard InChI is InChI=1S/C17H22N6/c18-15-16(20-11-9-13-6-2-1-3-7-13)21-12-22-17(15)23-14-8-4-5-10-19-14/h4-6,8,10,12H,1-3,7,9,11,18H2,(H2,19,20,21,22,23). The molecular weight excluding hydrogens is 288 g/mol. The number of rotatable bonds is 6. The lowest BCUT2D eigenvalue weighted by molar-refractivity contribution is 0.679. The Morgan fingerprint density at radius 3 is 2.78 bits per heavy atom. The number of pyridine rings is 1. The lowest BCUT2D eigenvalue weighted by atomic mass is 9.97. The van der Waals surface area contributed by atoms with Gasteiger partial charge in [-0.2, -0.15) is 0 Å². The second-order valence-corrected chi connectivity index (χ2v) is 5.61. The Bertz CT molecular complexity index is 668. The van der Waals surface area contributed by atoms with Gasteiger partial charge >= 0.3 is 0 Å². The molecule has 0 bridgehead atoms. The van der Waals surface area contributed by atoms with Crippen LogP contribution in [0.1, 0.15) is 32.1 Å². The van der Waals surface area contributed by atoms with Crippen LogP contribution in [0.25, 0.3) is 0 Å². The van der Waals surface area contributed by atoms with Gasteiger partial charge in [0, 0.05) is 12.7 Å². The quantitative estimate of drug-likeness (QED) is 0.708. The highest BCUT2D eigenvalue weighted by molar-refractivity contribution is 5.76. The first kappa shape index (κ1) is 15.3. The summed E-state index contributed by atoms with van der Waals surface area (Å²) in [5.74, 6) is 1.93. The maximum absolute atomic E-state index is 6.16. The Kier molecular flexibility index (Phi) is 5.03. The summed E-state index contributed by atoms with van der Waals surface area (Å²) in [4.78, 5) is 12.6. The summed E-state index contributed by atoms with van der Waals surface area (Å²) in [6.45, 7) is 0.829. The lowest BCUT2D eigenvalue weighted by Gasteiger charge is -2.15. The Balaban J connectivity index is 1.61. The van der Waals surface area contributed by atoms with E-state index >= 15 is 0 Å². The van der Waals surface area contributed by atoms with Gasteiger partial charge in [0.15, 0.2) is 11.6 Å². The molecule has 120 valence electrons. The fourth-order valence-electron chi connectivity index (χ4n) is 2.67. The molecule has 3 rings (SSSR count). The molecule has 0 saturated heterocycles. The van der Waals surface area contributed by atoms with Gasteiger partial charge in [0.2, 0.25) is 0 Å². The van der Waals surface area contributed by atoms with E-state index < -0.39 is 0 Å². The van der Waals surface area contributed by atoms with Crippen LogP contribution in [0.15, 0.2) is 42.4 Å². The third kappa shape index (κ3) is 4.18. The summed E-state index contributed by atoms with van der Waals surface area (Å²) >= 11 is 0. The largest absolute Gasteiger partial charge is 0.393 e. The molecule has 0 unspecified atom stereocenters. The minimum absolute atomic E-state index is 0.510. The number of nitrogens with two attached hydrogens (primary N) is 1. The van der Waals surface area contributed by atoms with E-state index in [4.69, 9.17) is 5.73 Å². The van der Waals surface area contributed by atoms with Crippen molar-refractivity contribution in [2.24, 2.45) is 0 Å². The maximum Gasteiger partial charge on any atom is 0.160 e. The summed E-state index contributed by atoms with van der Waals surface area (Å²) in [7, 11) is 0. The van der Waals surface area contributed by atoms with E-state index in [0.717, 1.165) is 13.0 Å². The molecule has 0 fully saturated rings. The van der Waals surface area contributed by atoms with Crippen molar-refractivity contribution in [2.45, 2.75) is 32.1 Å². The van der Waals surface area contributed by atoms with Crippen LogP contribution in [0.3, 0.4) is 0 Å². The summed E-state index contributed by atoms with van der Waals surface area (Å²) in [6.07, 6.45) is 11.7. The van der Waals surface area contributed by atoms with E-state index in [1.54, 1.807) is 6.20 Å². The van der Waals surface area contributed by atoms with E-state index in [0.29, 0.717) is 23.1 Å².